The van der Waals surface area contributed by atoms with Gasteiger partial charge in [-0.2, -0.15) is 18.0 Å². The molecular formula is C29H27F3N4O4. The highest BCUT2D eigenvalue weighted by Gasteiger charge is 2.37. The van der Waals surface area contributed by atoms with Crippen molar-refractivity contribution in [1.29, 1.82) is 0 Å². The number of tetrazole rings is 1. The summed E-state index contributed by atoms with van der Waals surface area (Å²) in [5, 5.41) is 22.7. The van der Waals surface area contributed by atoms with E-state index in [-0.39, 0.29) is 12.2 Å². The van der Waals surface area contributed by atoms with Gasteiger partial charge in [-0.1, -0.05) is 48.5 Å². The average molecular weight is 553 g/mol. The van der Waals surface area contributed by atoms with Crippen molar-refractivity contribution in [2.24, 2.45) is 0 Å². The Morgan fingerprint density at radius 1 is 0.975 bits per heavy atom. The number of nitrogens with zero attached hydrogens (tertiary/aromatic N) is 4. The van der Waals surface area contributed by atoms with Crippen molar-refractivity contribution in [3.8, 4) is 34.0 Å². The van der Waals surface area contributed by atoms with E-state index in [0.29, 0.717) is 24.2 Å². The highest BCUT2D eigenvalue weighted by Crippen LogP contribution is 2.39. The Morgan fingerprint density at radius 3 is 2.15 bits per heavy atom. The maximum atomic E-state index is 13.4. The number of rotatable bonds is 8. The largest absolute Gasteiger partial charge is 0.506 e. The van der Waals surface area contributed by atoms with Crippen LogP contribution in [0.4, 0.5) is 13.2 Å². The van der Waals surface area contributed by atoms with Gasteiger partial charge in [0.15, 0.2) is 0 Å². The second kappa shape index (κ2) is 11.2. The van der Waals surface area contributed by atoms with Crippen LogP contribution in [-0.4, -0.2) is 36.9 Å². The topological polar surface area (TPSA) is 99.4 Å². The molecule has 0 fully saturated rings. The third-order valence-corrected chi connectivity index (χ3v) is 5.64. The van der Waals surface area contributed by atoms with Crippen molar-refractivity contribution in [3.05, 3.63) is 90.0 Å². The second-order valence-corrected chi connectivity index (χ2v) is 9.84. The van der Waals surface area contributed by atoms with E-state index in [0.717, 1.165) is 22.8 Å². The van der Waals surface area contributed by atoms with E-state index in [9.17, 15) is 23.1 Å². The van der Waals surface area contributed by atoms with E-state index in [1.807, 2.05) is 36.4 Å². The van der Waals surface area contributed by atoms with Gasteiger partial charge in [-0.05, 0) is 55.3 Å². The number of aromatic nitrogens is 4. The van der Waals surface area contributed by atoms with Crippen molar-refractivity contribution in [1.82, 2.24) is 20.2 Å². The monoisotopic (exact) mass is 552 g/mol. The van der Waals surface area contributed by atoms with Gasteiger partial charge >= 0.3 is 12.1 Å². The normalized spacial score (nSPS) is 11.8. The number of phenols is 1. The van der Waals surface area contributed by atoms with Crippen molar-refractivity contribution in [2.45, 2.75) is 45.7 Å². The summed E-state index contributed by atoms with van der Waals surface area (Å²) in [5.74, 6) is -1.36. The fraction of sp³-hybridized carbons (Fsp3) is 0.241. The number of esters is 1. The first-order chi connectivity index (χ1) is 18.9. The molecule has 0 radical (unpaired) electrons. The van der Waals surface area contributed by atoms with Gasteiger partial charge in [-0.15, -0.1) is 16.8 Å². The van der Waals surface area contributed by atoms with E-state index in [1.54, 1.807) is 39.0 Å². The quantitative estimate of drug-likeness (QED) is 0.198. The first-order valence-corrected chi connectivity index (χ1v) is 12.2. The lowest BCUT2D eigenvalue weighted by Crippen LogP contribution is -2.25. The summed E-state index contributed by atoms with van der Waals surface area (Å²) in [6.45, 7) is 8.57. The Labute approximate surface area is 228 Å². The summed E-state index contributed by atoms with van der Waals surface area (Å²) in [6, 6.07) is 16.4. The number of carbonyl (C=O) groups excluding carboxylic acids is 1. The molecule has 4 aromatic rings. The van der Waals surface area contributed by atoms with Gasteiger partial charge in [-0.3, -0.25) is 0 Å². The van der Waals surface area contributed by atoms with E-state index in [2.05, 4.69) is 22.0 Å². The zero-order valence-electron chi connectivity index (χ0n) is 22.1. The molecule has 1 aromatic heterocycles. The summed E-state index contributed by atoms with van der Waals surface area (Å²) >= 11 is 0. The third kappa shape index (κ3) is 6.66. The lowest BCUT2D eigenvalue weighted by molar-refractivity contribution is -0.138. The molecule has 0 aliphatic carbocycles. The Morgan fingerprint density at radius 2 is 1.57 bits per heavy atom. The Bertz CT molecular complexity index is 1510. The Balaban J connectivity index is 1.50. The van der Waals surface area contributed by atoms with E-state index >= 15 is 0 Å². The molecule has 1 heterocycles. The number of allylic oxidation sites excluding steroid dienone is 1. The molecule has 0 aliphatic heterocycles. The Kier molecular flexibility index (Phi) is 7.94. The number of carbonyl (C=O) groups is 1. The van der Waals surface area contributed by atoms with Gasteiger partial charge in [0.25, 0.3) is 0 Å². The fourth-order valence-corrected chi connectivity index (χ4v) is 3.81. The predicted molar refractivity (Wildman–Crippen MR) is 141 cm³/mol. The molecule has 3 aromatic carbocycles. The van der Waals surface area contributed by atoms with Crippen LogP contribution in [0.2, 0.25) is 0 Å². The van der Waals surface area contributed by atoms with E-state index in [4.69, 9.17) is 9.47 Å². The zero-order chi connectivity index (χ0) is 29.1. The van der Waals surface area contributed by atoms with Crippen LogP contribution in [0.15, 0.2) is 73.3 Å². The number of benzene rings is 3. The number of halogens is 3. The van der Waals surface area contributed by atoms with Crippen LogP contribution in [0.1, 0.15) is 42.3 Å². The summed E-state index contributed by atoms with van der Waals surface area (Å²) in [5.41, 5.74) is -0.218. The minimum Gasteiger partial charge on any atom is -0.506 e. The van der Waals surface area contributed by atoms with Crippen LogP contribution in [0, 0.1) is 0 Å². The average Bonchev–Trinajstić information content (AvgIpc) is 3.35. The third-order valence-electron chi connectivity index (χ3n) is 5.64. The maximum Gasteiger partial charge on any atom is 0.419 e. The summed E-state index contributed by atoms with van der Waals surface area (Å²) in [7, 11) is 0. The molecule has 4 rings (SSSR count). The fourth-order valence-electron chi connectivity index (χ4n) is 3.81. The molecule has 0 saturated carbocycles. The van der Waals surface area contributed by atoms with E-state index < -0.39 is 34.6 Å². The number of hydrogen-bond donors (Lipinski definition) is 1. The zero-order valence-corrected chi connectivity index (χ0v) is 22.1. The van der Waals surface area contributed by atoms with Crippen LogP contribution < -0.4 is 4.74 Å². The molecule has 0 amide bonds. The molecule has 8 nitrogen and oxygen atoms in total. The lowest BCUT2D eigenvalue weighted by atomic mass is 10.0. The molecule has 1 N–H and O–H groups in total. The van der Waals surface area contributed by atoms with Crippen LogP contribution in [-0.2, 0) is 24.1 Å². The van der Waals surface area contributed by atoms with Gasteiger partial charge in [0.1, 0.15) is 29.3 Å². The molecule has 11 heteroatoms. The highest BCUT2D eigenvalue weighted by atomic mass is 19.4. The van der Waals surface area contributed by atoms with Crippen molar-refractivity contribution >= 4 is 5.97 Å². The highest BCUT2D eigenvalue weighted by molar-refractivity contribution is 5.95. The summed E-state index contributed by atoms with van der Waals surface area (Å²) < 4.78 is 51.1. The molecular weight excluding hydrogens is 525 g/mol. The first kappa shape index (κ1) is 28.3. The van der Waals surface area contributed by atoms with Crippen molar-refractivity contribution < 1.29 is 32.5 Å². The number of phenolic OH excluding ortho intramolecular Hbond substituents is 1. The molecule has 0 bridgehead atoms. The Hall–Kier alpha value is -4.67. The minimum atomic E-state index is -4.85. The smallest absolute Gasteiger partial charge is 0.419 e. The maximum absolute atomic E-state index is 13.4. The van der Waals surface area contributed by atoms with E-state index in [1.165, 1.54) is 4.80 Å². The number of aromatic hydroxyl groups is 1. The van der Waals surface area contributed by atoms with Gasteiger partial charge < -0.3 is 14.6 Å². The lowest BCUT2D eigenvalue weighted by Gasteiger charge is -2.22. The molecule has 0 atom stereocenters. The van der Waals surface area contributed by atoms with Gasteiger partial charge in [0.2, 0.25) is 5.82 Å². The molecule has 0 unspecified atom stereocenters. The molecule has 0 aliphatic rings. The summed E-state index contributed by atoms with van der Waals surface area (Å²) in [4.78, 5) is 14.2. The summed E-state index contributed by atoms with van der Waals surface area (Å²) in [6.07, 6.45) is -3.18. The van der Waals surface area contributed by atoms with Crippen LogP contribution in [0.25, 0.3) is 22.5 Å². The van der Waals surface area contributed by atoms with Gasteiger partial charge in [0, 0.05) is 11.1 Å². The second-order valence-electron chi connectivity index (χ2n) is 9.84. The van der Waals surface area contributed by atoms with Crippen LogP contribution >= 0.6 is 0 Å². The van der Waals surface area contributed by atoms with Gasteiger partial charge in [0.05, 0.1) is 12.1 Å². The standard InChI is InChI=1S/C29H27F3N4O4/c1-5-16-36-34-26(33-35-36)20-8-6-18(7-9-20)19-10-13-22(14-11-19)39-17-21-12-15-23(29(30,31)32)25(37)24(21)27(38)40-28(2,3)4/h5-15,37H,1,16-17H2,2-4H3. The first-order valence-electron chi connectivity index (χ1n) is 12.2. The number of alkyl halides is 3. The van der Waals surface area contributed by atoms with Crippen molar-refractivity contribution in [3.63, 3.8) is 0 Å². The molecule has 0 saturated heterocycles. The molecule has 0 spiro atoms. The predicted octanol–water partition coefficient (Wildman–Crippen LogP) is 6.45. The number of ether oxygens (including phenoxy) is 2. The SMILES string of the molecule is C=CCn1nnc(-c2ccc(-c3ccc(OCc4ccc(C(F)(F)F)c(O)c4C(=O)OC(C)(C)C)cc3)cc2)n1. The molecule has 208 valence electrons. The molecule has 40 heavy (non-hydrogen) atoms. The van der Waals surface area contributed by atoms with Crippen LogP contribution in [0.3, 0.4) is 0 Å². The number of hydrogen-bond acceptors (Lipinski definition) is 7. The van der Waals surface area contributed by atoms with Crippen molar-refractivity contribution in [2.75, 3.05) is 0 Å². The van der Waals surface area contributed by atoms with Gasteiger partial charge in [-0.25, -0.2) is 4.79 Å². The van der Waals surface area contributed by atoms with Crippen LogP contribution in [0.5, 0.6) is 11.5 Å². The minimum absolute atomic E-state index is 0.0537.